The van der Waals surface area contributed by atoms with E-state index >= 15 is 0 Å². The summed E-state index contributed by atoms with van der Waals surface area (Å²) in [6.45, 7) is 2.84. The van der Waals surface area contributed by atoms with E-state index in [1.807, 2.05) is 25.1 Å². The molecule has 3 heterocycles. The molecule has 1 atom stereocenters. The molecule has 2 aromatic rings. The third-order valence-electron chi connectivity index (χ3n) is 4.52. The molecule has 7 nitrogen and oxygen atoms in total. The van der Waals surface area contributed by atoms with Crippen LogP contribution in [0.4, 0.5) is 10.5 Å². The van der Waals surface area contributed by atoms with Gasteiger partial charge in [0.05, 0.1) is 6.04 Å². The Morgan fingerprint density at radius 1 is 1.40 bits per heavy atom. The minimum atomic E-state index is -0.279. The summed E-state index contributed by atoms with van der Waals surface area (Å²) in [6, 6.07) is 5.15. The first-order valence-corrected chi connectivity index (χ1v) is 8.32. The van der Waals surface area contributed by atoms with Gasteiger partial charge < -0.3 is 23.9 Å². The van der Waals surface area contributed by atoms with Crippen LogP contribution in [0.15, 0.2) is 33.6 Å². The van der Waals surface area contributed by atoms with E-state index < -0.39 is 0 Å². The van der Waals surface area contributed by atoms with E-state index in [0.29, 0.717) is 18.8 Å². The molecule has 1 aliphatic rings. The first kappa shape index (κ1) is 17.3. The molecule has 25 heavy (non-hydrogen) atoms. The Labute approximate surface area is 146 Å². The standard InChI is InChI=1S/C18H23N3O4/c1-12-8-10-20(2)17(22)16(12)19-18(23)21-9-4-5-14(21)15-7-6-13(25-15)11-24-3/h6-8,10,14H,4-5,9,11H2,1-3H3,(H,19,23)/t14-/m0/s1. The Morgan fingerprint density at radius 3 is 2.96 bits per heavy atom. The van der Waals surface area contributed by atoms with Crippen LogP contribution in [-0.2, 0) is 18.4 Å². The number of likely N-dealkylation sites (tertiary alicyclic amines) is 1. The summed E-state index contributed by atoms with van der Waals surface area (Å²) in [4.78, 5) is 26.7. The average Bonchev–Trinajstić information content (AvgIpc) is 3.24. The molecule has 1 aliphatic heterocycles. The zero-order valence-electron chi connectivity index (χ0n) is 14.7. The molecule has 1 N–H and O–H groups in total. The van der Waals surface area contributed by atoms with Crippen molar-refractivity contribution in [3.63, 3.8) is 0 Å². The van der Waals surface area contributed by atoms with E-state index in [9.17, 15) is 9.59 Å². The van der Waals surface area contributed by atoms with Gasteiger partial charge in [-0.05, 0) is 43.5 Å². The molecule has 7 heteroatoms. The number of hydrogen-bond acceptors (Lipinski definition) is 4. The lowest BCUT2D eigenvalue weighted by molar-refractivity contribution is 0.157. The molecular formula is C18H23N3O4. The third kappa shape index (κ3) is 3.46. The minimum absolute atomic E-state index is 0.126. The Hall–Kier alpha value is -2.54. The molecule has 0 bridgehead atoms. The van der Waals surface area contributed by atoms with Crippen LogP contribution in [0.25, 0.3) is 0 Å². The average molecular weight is 345 g/mol. The number of rotatable bonds is 4. The van der Waals surface area contributed by atoms with Crippen LogP contribution in [-0.4, -0.2) is 29.2 Å². The van der Waals surface area contributed by atoms with Gasteiger partial charge in [0.2, 0.25) is 0 Å². The number of carbonyl (C=O) groups excluding carboxylic acids is 1. The second kappa shape index (κ2) is 7.14. The Morgan fingerprint density at radius 2 is 2.20 bits per heavy atom. The molecule has 134 valence electrons. The quantitative estimate of drug-likeness (QED) is 0.924. The normalized spacial score (nSPS) is 17.1. The second-order valence-corrected chi connectivity index (χ2v) is 6.31. The highest BCUT2D eigenvalue weighted by Gasteiger charge is 2.32. The fourth-order valence-corrected chi connectivity index (χ4v) is 3.15. The number of aryl methyl sites for hydroxylation is 2. The maximum absolute atomic E-state index is 12.7. The lowest BCUT2D eigenvalue weighted by Crippen LogP contribution is -2.36. The maximum atomic E-state index is 12.7. The molecule has 0 saturated carbocycles. The zero-order valence-corrected chi connectivity index (χ0v) is 14.7. The molecule has 1 saturated heterocycles. The fourth-order valence-electron chi connectivity index (χ4n) is 3.15. The van der Waals surface area contributed by atoms with Crippen LogP contribution < -0.4 is 10.9 Å². The Bertz CT molecular complexity index is 824. The first-order chi connectivity index (χ1) is 12.0. The van der Waals surface area contributed by atoms with Gasteiger partial charge in [0, 0.05) is 26.9 Å². The van der Waals surface area contributed by atoms with Gasteiger partial charge in [-0.2, -0.15) is 0 Å². The van der Waals surface area contributed by atoms with Gasteiger partial charge in [-0.3, -0.25) is 4.79 Å². The maximum Gasteiger partial charge on any atom is 0.322 e. The summed E-state index contributed by atoms with van der Waals surface area (Å²) in [5, 5.41) is 2.78. The fraction of sp³-hybridized carbons (Fsp3) is 0.444. The molecule has 2 amide bonds. The molecule has 0 aliphatic carbocycles. The van der Waals surface area contributed by atoms with E-state index in [1.165, 1.54) is 4.57 Å². The van der Waals surface area contributed by atoms with Gasteiger partial charge in [-0.1, -0.05) is 0 Å². The monoisotopic (exact) mass is 345 g/mol. The summed E-state index contributed by atoms with van der Waals surface area (Å²) in [7, 11) is 3.27. The highest BCUT2D eigenvalue weighted by atomic mass is 16.5. The number of methoxy groups -OCH3 is 1. The van der Waals surface area contributed by atoms with E-state index in [0.717, 1.165) is 29.9 Å². The first-order valence-electron chi connectivity index (χ1n) is 8.32. The number of pyridine rings is 1. The van der Waals surface area contributed by atoms with Crippen molar-refractivity contribution >= 4 is 11.7 Å². The van der Waals surface area contributed by atoms with Crippen molar-refractivity contribution in [1.82, 2.24) is 9.47 Å². The van der Waals surface area contributed by atoms with E-state index in [1.54, 1.807) is 25.3 Å². The number of carbonyl (C=O) groups is 1. The van der Waals surface area contributed by atoms with Gasteiger partial charge in [0.25, 0.3) is 5.56 Å². The number of urea groups is 1. The second-order valence-electron chi connectivity index (χ2n) is 6.31. The number of nitrogens with zero attached hydrogens (tertiary/aromatic N) is 2. The van der Waals surface area contributed by atoms with Crippen LogP contribution >= 0.6 is 0 Å². The van der Waals surface area contributed by atoms with Crippen molar-refractivity contribution in [3.05, 3.63) is 51.8 Å². The highest BCUT2D eigenvalue weighted by molar-refractivity contribution is 5.90. The van der Waals surface area contributed by atoms with Crippen molar-refractivity contribution in [2.24, 2.45) is 7.05 Å². The minimum Gasteiger partial charge on any atom is -0.461 e. The number of nitrogens with one attached hydrogen (secondary N) is 1. The molecule has 0 aromatic carbocycles. The number of anilines is 1. The predicted molar refractivity (Wildman–Crippen MR) is 93.5 cm³/mol. The Balaban J connectivity index is 1.79. The van der Waals surface area contributed by atoms with E-state index in [-0.39, 0.29) is 17.6 Å². The van der Waals surface area contributed by atoms with Crippen LogP contribution in [0.5, 0.6) is 0 Å². The van der Waals surface area contributed by atoms with Gasteiger partial charge in [-0.15, -0.1) is 0 Å². The van der Waals surface area contributed by atoms with Crippen molar-refractivity contribution in [2.75, 3.05) is 19.0 Å². The Kier molecular flexibility index (Phi) is 4.94. The molecule has 2 aromatic heterocycles. The van der Waals surface area contributed by atoms with Crippen molar-refractivity contribution in [3.8, 4) is 0 Å². The predicted octanol–water partition coefficient (Wildman–Crippen LogP) is 2.80. The highest BCUT2D eigenvalue weighted by Crippen LogP contribution is 2.33. The molecule has 3 rings (SSSR count). The van der Waals surface area contributed by atoms with Gasteiger partial charge in [0.15, 0.2) is 0 Å². The van der Waals surface area contributed by atoms with Gasteiger partial charge in [-0.25, -0.2) is 4.79 Å². The number of furan rings is 1. The molecular weight excluding hydrogens is 322 g/mol. The van der Waals surface area contributed by atoms with Crippen molar-refractivity contribution < 1.29 is 13.9 Å². The number of amides is 2. The van der Waals surface area contributed by atoms with Crippen LogP contribution in [0.2, 0.25) is 0 Å². The molecule has 0 radical (unpaired) electrons. The van der Waals surface area contributed by atoms with Gasteiger partial charge >= 0.3 is 6.03 Å². The summed E-state index contributed by atoms with van der Waals surface area (Å²) in [5.41, 5.74) is 0.845. The SMILES string of the molecule is COCc1ccc([C@@H]2CCCN2C(=O)Nc2c(C)ccn(C)c2=O)o1. The summed E-state index contributed by atoms with van der Waals surface area (Å²) in [6.07, 6.45) is 3.41. The molecule has 0 unspecified atom stereocenters. The van der Waals surface area contributed by atoms with Crippen LogP contribution in [0, 0.1) is 6.92 Å². The molecule has 1 fully saturated rings. The largest absolute Gasteiger partial charge is 0.461 e. The van der Waals surface area contributed by atoms with Gasteiger partial charge in [0.1, 0.15) is 23.8 Å². The van der Waals surface area contributed by atoms with Crippen LogP contribution in [0.1, 0.15) is 36.0 Å². The number of aromatic nitrogens is 1. The third-order valence-corrected chi connectivity index (χ3v) is 4.52. The van der Waals surface area contributed by atoms with E-state index in [4.69, 9.17) is 9.15 Å². The topological polar surface area (TPSA) is 76.7 Å². The zero-order chi connectivity index (χ0) is 18.0. The van der Waals surface area contributed by atoms with Crippen molar-refractivity contribution in [2.45, 2.75) is 32.4 Å². The lowest BCUT2D eigenvalue weighted by Gasteiger charge is -2.24. The lowest BCUT2D eigenvalue weighted by atomic mass is 10.2. The van der Waals surface area contributed by atoms with Crippen molar-refractivity contribution in [1.29, 1.82) is 0 Å². The molecule has 0 spiro atoms. The smallest absolute Gasteiger partial charge is 0.322 e. The number of hydrogen-bond donors (Lipinski definition) is 1. The summed E-state index contributed by atoms with van der Waals surface area (Å²) < 4.78 is 12.3. The van der Waals surface area contributed by atoms with E-state index in [2.05, 4.69) is 5.32 Å². The number of ether oxygens (including phenoxy) is 1. The van der Waals surface area contributed by atoms with Crippen LogP contribution in [0.3, 0.4) is 0 Å². The summed E-state index contributed by atoms with van der Waals surface area (Å²) >= 11 is 0. The summed E-state index contributed by atoms with van der Waals surface area (Å²) in [5.74, 6) is 1.48.